The number of pyridine rings is 2. The van der Waals surface area contributed by atoms with E-state index < -0.39 is 145 Å². The van der Waals surface area contributed by atoms with Gasteiger partial charge in [0.05, 0.1) is 0 Å². The predicted molar refractivity (Wildman–Crippen MR) is 374 cm³/mol. The van der Waals surface area contributed by atoms with Crippen LogP contribution in [-0.2, 0) is 89.9 Å². The van der Waals surface area contributed by atoms with Crippen molar-refractivity contribution in [2.24, 2.45) is 15.5 Å². The molecule has 38 nitrogen and oxygen atoms in total. The van der Waals surface area contributed by atoms with E-state index in [0.29, 0.717) is 45.1 Å². The number of carbonyl (C=O) groups excluding carboxylic acids is 7. The summed E-state index contributed by atoms with van der Waals surface area (Å²) in [5.74, 6) is -14.6. The molecule has 0 bridgehead atoms. The summed E-state index contributed by atoms with van der Waals surface area (Å²) >= 11 is 5.35. The van der Waals surface area contributed by atoms with E-state index in [1.54, 1.807) is 70.3 Å². The van der Waals surface area contributed by atoms with Crippen LogP contribution in [0.1, 0.15) is 58.6 Å². The fourth-order valence-corrected chi connectivity index (χ4v) is 15.4. The first-order valence-electron chi connectivity index (χ1n) is 30.7. The molecule has 5 aromatic rings. The second kappa shape index (κ2) is 31.9. The number of thioether (sulfide) groups is 3. The summed E-state index contributed by atoms with van der Waals surface area (Å²) in [5.41, 5.74) is -3.04. The largest absolute Gasteiger partial charge is 0.478 e. The van der Waals surface area contributed by atoms with Crippen LogP contribution in [0.2, 0.25) is 0 Å². The van der Waals surface area contributed by atoms with Crippen LogP contribution >= 0.6 is 69.3 Å². The molecule has 0 aromatic carbocycles. The highest BCUT2D eigenvalue weighted by Gasteiger charge is 2.56. The number of nitrogens with one attached hydrogen (secondary N) is 7. The van der Waals surface area contributed by atoms with Crippen molar-refractivity contribution in [3.8, 4) is 0 Å². The lowest BCUT2D eigenvalue weighted by Crippen LogP contribution is -2.70. The topological polar surface area (TPSA) is 540 Å². The van der Waals surface area contributed by atoms with Crippen LogP contribution in [0.5, 0.6) is 0 Å². The molecule has 5 aliphatic rings. The van der Waals surface area contributed by atoms with Crippen molar-refractivity contribution in [1.29, 1.82) is 0 Å². The third-order valence-electron chi connectivity index (χ3n) is 15.5. The fraction of sp³-hybridized carbons (Fsp3) is 0.344. The van der Waals surface area contributed by atoms with Gasteiger partial charge in [-0.2, -0.15) is 0 Å². The Morgan fingerprint density at radius 3 is 1.41 bits per heavy atom. The van der Waals surface area contributed by atoms with E-state index in [-0.39, 0.29) is 75.1 Å². The summed E-state index contributed by atoms with van der Waals surface area (Å²) in [5, 5.41) is 80.2. The number of ether oxygens (including phenoxy) is 1. The molecule has 105 heavy (non-hydrogen) atoms. The van der Waals surface area contributed by atoms with Crippen LogP contribution in [0.25, 0.3) is 0 Å². The normalized spacial score (nSPS) is 19.0. The van der Waals surface area contributed by atoms with Crippen LogP contribution in [0.4, 0.5) is 15.4 Å². The lowest BCUT2D eigenvalue weighted by atomic mass is 10.0. The maximum Gasteiger partial charge on any atom is 0.355 e. The van der Waals surface area contributed by atoms with E-state index >= 15 is 9.59 Å². The number of nitrogens with two attached hydrogens (primary N) is 1. The monoisotopic (exact) mass is 1560 g/mol. The zero-order chi connectivity index (χ0) is 76.0. The number of hydrogen-bond donors (Lipinski definition) is 13. The van der Waals surface area contributed by atoms with Crippen molar-refractivity contribution in [3.63, 3.8) is 0 Å². The average molecular weight is 1560 g/mol. The number of carboxylic acids is 5. The Balaban J connectivity index is 0.968. The van der Waals surface area contributed by atoms with Gasteiger partial charge in [0.2, 0.25) is 16.8 Å². The number of β-lactam (4-membered cyclic amide) rings is 1. The first-order chi connectivity index (χ1) is 49.7. The number of fused-ring (bicyclic) bond motifs is 2. The van der Waals surface area contributed by atoms with Crippen molar-refractivity contribution in [2.75, 3.05) is 40.2 Å². The SMILES string of the molecule is CC(C)(O/N=C(\C(=O)N[C@H](C(=O)Nc1nc(/C(=N/OC(C)(C)C(=O)O)C(=O)N[C@H](C(=O)Nc2nc(/C(=N/OC(C)(C)C(=O)O)C(=O)N[C@@H]3C(=O)N4C5=C(COC5=O)CS[C@H]34)cs2)[C@@H]2NC(C(=O)O)=C(C[n+]3ccccc3)CS2)cs1)[C@@H]1NC(C(=O)O)=C(C[n+]2ccccc2)CS1)c1csc(N)n1)C(=O)O. The van der Waals surface area contributed by atoms with Gasteiger partial charge >= 0.3 is 35.8 Å². The molecule has 0 aliphatic carbocycles. The molecule has 10 rings (SSSR count). The fourth-order valence-electron chi connectivity index (χ4n) is 9.69. The molecule has 0 radical (unpaired) electrons. The highest BCUT2D eigenvalue weighted by Crippen LogP contribution is 2.43. The number of carbonyl (C=O) groups is 12. The number of aromatic nitrogens is 5. The molecule has 1 saturated heterocycles. The molecular formula is C61H63N17O21S6+2. The minimum atomic E-state index is -2.20. The molecule has 552 valence electrons. The summed E-state index contributed by atoms with van der Waals surface area (Å²) in [6.45, 7) is 6.77. The van der Waals surface area contributed by atoms with Gasteiger partial charge in [0.25, 0.3) is 35.4 Å². The highest BCUT2D eigenvalue weighted by atomic mass is 32.2. The second-order valence-electron chi connectivity index (χ2n) is 24.4. The Labute approximate surface area is 617 Å². The Morgan fingerprint density at radius 2 is 1.01 bits per heavy atom. The van der Waals surface area contributed by atoms with Crippen molar-refractivity contribution in [1.82, 2.24) is 46.4 Å². The number of aliphatic carboxylic acids is 5. The minimum Gasteiger partial charge on any atom is -0.478 e. The number of amides is 6. The Bertz CT molecular complexity index is 4570. The Kier molecular flexibility index (Phi) is 23.2. The molecule has 0 spiro atoms. The molecule has 0 saturated carbocycles. The van der Waals surface area contributed by atoms with Gasteiger partial charge in [0.1, 0.15) is 75.0 Å². The summed E-state index contributed by atoms with van der Waals surface area (Å²) in [6, 6.07) is 5.37. The van der Waals surface area contributed by atoms with Gasteiger partial charge in [0, 0.05) is 74.4 Å². The number of nitrogen functional groups attached to an aromatic ring is 1. The molecule has 0 unspecified atom stereocenters. The molecule has 10 heterocycles. The van der Waals surface area contributed by atoms with E-state index in [2.05, 4.69) is 67.6 Å². The Morgan fingerprint density at radius 1 is 0.600 bits per heavy atom. The maximum atomic E-state index is 15.2. The van der Waals surface area contributed by atoms with Crippen molar-refractivity contribution in [3.05, 3.63) is 128 Å². The van der Waals surface area contributed by atoms with E-state index in [1.165, 1.54) is 27.4 Å². The zero-order valence-electron chi connectivity index (χ0n) is 55.5. The van der Waals surface area contributed by atoms with Crippen LogP contribution in [0, 0.1) is 0 Å². The third-order valence-corrected chi connectivity index (χ3v) is 21.6. The molecule has 44 heteroatoms. The molecule has 6 amide bonds. The van der Waals surface area contributed by atoms with Crippen LogP contribution in [0.3, 0.4) is 0 Å². The number of esters is 1. The molecular weight excluding hydrogens is 1500 g/mol. The quantitative estimate of drug-likeness (QED) is 0.00933. The minimum absolute atomic E-state index is 0.00962. The van der Waals surface area contributed by atoms with Crippen molar-refractivity contribution >= 4 is 173 Å². The van der Waals surface area contributed by atoms with Gasteiger partial charge in [-0.1, -0.05) is 27.6 Å². The highest BCUT2D eigenvalue weighted by molar-refractivity contribution is 8.00. The van der Waals surface area contributed by atoms with Gasteiger partial charge in [-0.25, -0.2) is 52.9 Å². The first-order valence-corrected chi connectivity index (χ1v) is 36.5. The number of cyclic esters (lactones) is 1. The average Bonchev–Trinajstić information content (AvgIpc) is 1.70. The predicted octanol–water partition coefficient (Wildman–Crippen LogP) is -0.174. The number of nitrogens with zero attached hydrogens (tertiary/aromatic N) is 9. The summed E-state index contributed by atoms with van der Waals surface area (Å²) in [6.07, 6.45) is 6.75. The first kappa shape index (κ1) is 76.5. The molecule has 5 aliphatic heterocycles. The number of carboxylic acid groups (broad SMARTS) is 5. The molecule has 1 fully saturated rings. The standard InChI is InChI=1S/C61H61N17O21S6/c1-59(2,53(90)91)97-73-34(29-23-103-56(62)63-29)41(79)66-37(46-69-32(50(85)86)26(20-100-46)17-76-13-9-7-10-14-76)44(82)71-57-64-30(24-104-57)35(74-98-60(3,4)54(92)93)42(80)67-38(47-70-33(51(87)88)27(21-101-47)18-77-15-11-8-12-16-77)45(83)72-58-65-31(25-105-58)36(75-99-61(5,6)55(94)95)43(81)68-39-48(84)78-40-28(19-96-52(40)89)22-102-49(39)78/h7-16,23-25,37-39,46-47,49,69-70H,17-22H2,1-6H3,(H10-2,62,63,64,65,66,67,68,71,72,79,80,81,82,83,85,86,87,88,90,91,92,93,94,95)/p+2/b73-34-,74-35-,75-36-/t37-,38-,39-,46-,47-,49-/m1/s1. The van der Waals surface area contributed by atoms with Crippen LogP contribution in [-0.4, -0.2) is 209 Å². The molecule has 5 aromatic heterocycles. The van der Waals surface area contributed by atoms with Gasteiger partial charge in [-0.15, -0.1) is 69.3 Å². The van der Waals surface area contributed by atoms with Crippen molar-refractivity contribution < 1.29 is 111 Å². The summed E-state index contributed by atoms with van der Waals surface area (Å²) in [7, 11) is 0. The number of rotatable bonds is 30. The number of thiazole rings is 3. The van der Waals surface area contributed by atoms with E-state index in [9.17, 15) is 73.5 Å². The maximum absolute atomic E-state index is 15.2. The van der Waals surface area contributed by atoms with E-state index in [0.717, 1.165) is 81.8 Å². The van der Waals surface area contributed by atoms with E-state index in [1.807, 2.05) is 0 Å². The smallest absolute Gasteiger partial charge is 0.355 e. The van der Waals surface area contributed by atoms with Gasteiger partial charge in [-0.05, 0) is 41.5 Å². The van der Waals surface area contributed by atoms with Crippen LogP contribution in [0.15, 0.2) is 127 Å². The van der Waals surface area contributed by atoms with Gasteiger partial charge in [-0.3, -0.25) is 33.7 Å². The lowest BCUT2D eigenvalue weighted by Gasteiger charge is -2.48. The third kappa shape index (κ3) is 17.8. The lowest BCUT2D eigenvalue weighted by molar-refractivity contribution is -0.689. The van der Waals surface area contributed by atoms with Crippen LogP contribution < -0.4 is 52.1 Å². The van der Waals surface area contributed by atoms with Gasteiger partial charge < -0.3 is 87.7 Å². The molecule has 14 N–H and O–H groups in total. The summed E-state index contributed by atoms with van der Waals surface area (Å²) in [4.78, 5) is 193. The van der Waals surface area contributed by atoms with Gasteiger partial charge in [0.15, 0.2) is 70.4 Å². The zero-order valence-corrected chi connectivity index (χ0v) is 60.4. The number of anilines is 3. The summed E-state index contributed by atoms with van der Waals surface area (Å²) < 4.78 is 8.50. The second-order valence-corrected chi connectivity index (χ2v) is 30.3. The van der Waals surface area contributed by atoms with Crippen molar-refractivity contribution in [2.45, 2.75) is 106 Å². The molecule has 6 atom stereocenters. The Hall–Kier alpha value is -11.1. The number of oxime groups is 3. The van der Waals surface area contributed by atoms with E-state index in [4.69, 9.17) is 25.0 Å². The number of hydrogen-bond acceptors (Lipinski definition) is 31.